The van der Waals surface area contributed by atoms with Gasteiger partial charge >= 0.3 is 12.1 Å². The van der Waals surface area contributed by atoms with E-state index in [1.54, 1.807) is 0 Å². The lowest BCUT2D eigenvalue weighted by molar-refractivity contribution is -0.145. The topological polar surface area (TPSA) is 94.1 Å². The maximum Gasteiger partial charge on any atom is 0.408 e. The standard InChI is InChI=1S/C26H22N2O5/c29-17-27-24(14-25(30)32-15-18-8-2-1-3-9-18)28-26(31)33-16-23-21-12-6-4-10-19(21)20-11-5-7-13-22(20)23/h1-13,23-24H,14-16H2,(H,28,31)/t24-/m0/s1. The van der Waals surface area contributed by atoms with Crippen LogP contribution in [0.5, 0.6) is 0 Å². The Kier molecular flexibility index (Phi) is 6.93. The molecule has 0 radical (unpaired) electrons. The zero-order valence-electron chi connectivity index (χ0n) is 17.8. The normalized spacial score (nSPS) is 12.6. The molecule has 0 saturated heterocycles. The Labute approximate surface area is 191 Å². The average Bonchev–Trinajstić information content (AvgIpc) is 3.16. The first-order valence-electron chi connectivity index (χ1n) is 10.5. The van der Waals surface area contributed by atoms with Gasteiger partial charge in [-0.05, 0) is 27.8 Å². The quantitative estimate of drug-likeness (QED) is 0.319. The van der Waals surface area contributed by atoms with Crippen LogP contribution in [0.1, 0.15) is 29.0 Å². The molecule has 1 aliphatic rings. The van der Waals surface area contributed by atoms with Gasteiger partial charge in [-0.15, -0.1) is 0 Å². The van der Waals surface area contributed by atoms with Gasteiger partial charge in [-0.25, -0.2) is 9.59 Å². The summed E-state index contributed by atoms with van der Waals surface area (Å²) in [5.41, 5.74) is 5.22. The van der Waals surface area contributed by atoms with Crippen molar-refractivity contribution in [3.05, 3.63) is 95.6 Å². The summed E-state index contributed by atoms with van der Waals surface area (Å²) in [4.78, 5) is 38.8. The number of alkyl carbamates (subject to hydrolysis) is 1. The minimum absolute atomic E-state index is 0.0855. The van der Waals surface area contributed by atoms with Gasteiger partial charge in [-0.1, -0.05) is 78.9 Å². The van der Waals surface area contributed by atoms with E-state index in [9.17, 15) is 14.4 Å². The van der Waals surface area contributed by atoms with Crippen molar-refractivity contribution in [2.75, 3.05) is 6.61 Å². The Bertz CT molecular complexity index is 1140. The van der Waals surface area contributed by atoms with E-state index in [1.165, 1.54) is 6.08 Å². The van der Waals surface area contributed by atoms with E-state index >= 15 is 0 Å². The van der Waals surface area contributed by atoms with Gasteiger partial charge in [-0.3, -0.25) is 10.1 Å². The van der Waals surface area contributed by atoms with Gasteiger partial charge in [0.25, 0.3) is 0 Å². The molecule has 0 fully saturated rings. The number of hydrogen-bond acceptors (Lipinski definition) is 6. The molecule has 0 bridgehead atoms. The van der Waals surface area contributed by atoms with Gasteiger partial charge < -0.3 is 9.47 Å². The van der Waals surface area contributed by atoms with Crippen molar-refractivity contribution < 1.29 is 23.9 Å². The van der Waals surface area contributed by atoms with Crippen molar-refractivity contribution in [2.24, 2.45) is 4.99 Å². The molecule has 0 unspecified atom stereocenters. The Hall–Kier alpha value is -4.22. The van der Waals surface area contributed by atoms with E-state index in [1.807, 2.05) is 78.9 Å². The molecule has 0 saturated carbocycles. The fourth-order valence-electron chi connectivity index (χ4n) is 3.92. The van der Waals surface area contributed by atoms with Gasteiger partial charge in [0.15, 0.2) is 0 Å². The fourth-order valence-corrected chi connectivity index (χ4v) is 3.92. The molecular weight excluding hydrogens is 420 g/mol. The Morgan fingerprint density at radius 2 is 1.48 bits per heavy atom. The SMILES string of the molecule is O=C=N[C@H](CC(=O)OCc1ccccc1)NC(=O)OCC1c2ccccc2-c2ccccc21. The van der Waals surface area contributed by atoms with Crippen molar-refractivity contribution >= 4 is 18.1 Å². The van der Waals surface area contributed by atoms with Crippen LogP contribution in [0.25, 0.3) is 11.1 Å². The van der Waals surface area contributed by atoms with Crippen LogP contribution >= 0.6 is 0 Å². The molecule has 4 rings (SSSR count). The number of esters is 1. The summed E-state index contributed by atoms with van der Waals surface area (Å²) < 4.78 is 10.6. The number of carbonyl (C=O) groups excluding carboxylic acids is 3. The average molecular weight is 442 g/mol. The van der Waals surface area contributed by atoms with Crippen LogP contribution in [0.15, 0.2) is 83.9 Å². The van der Waals surface area contributed by atoms with Crippen LogP contribution in [0, 0.1) is 0 Å². The van der Waals surface area contributed by atoms with Crippen LogP contribution in [0.4, 0.5) is 4.79 Å². The van der Waals surface area contributed by atoms with Crippen LogP contribution in [0.2, 0.25) is 0 Å². The molecule has 0 spiro atoms. The van der Waals surface area contributed by atoms with Gasteiger partial charge in [0, 0.05) is 5.92 Å². The van der Waals surface area contributed by atoms with Crippen molar-refractivity contribution in [3.8, 4) is 11.1 Å². The summed E-state index contributed by atoms with van der Waals surface area (Å²) in [7, 11) is 0. The van der Waals surface area contributed by atoms with Gasteiger partial charge in [0.2, 0.25) is 6.08 Å². The highest BCUT2D eigenvalue weighted by Gasteiger charge is 2.29. The Balaban J connectivity index is 1.33. The highest BCUT2D eigenvalue weighted by atomic mass is 16.5. The highest BCUT2D eigenvalue weighted by molar-refractivity contribution is 5.79. The number of ether oxygens (including phenoxy) is 2. The minimum Gasteiger partial charge on any atom is -0.461 e. The van der Waals surface area contributed by atoms with E-state index in [0.29, 0.717) is 0 Å². The van der Waals surface area contributed by atoms with Gasteiger partial charge in [0.1, 0.15) is 19.4 Å². The first-order valence-corrected chi connectivity index (χ1v) is 10.5. The van der Waals surface area contributed by atoms with E-state index in [4.69, 9.17) is 9.47 Å². The van der Waals surface area contributed by atoms with E-state index < -0.39 is 18.2 Å². The summed E-state index contributed by atoms with van der Waals surface area (Å²) in [6.07, 6.45) is -0.845. The van der Waals surface area contributed by atoms with E-state index in [2.05, 4.69) is 10.3 Å². The molecule has 0 heterocycles. The molecule has 1 atom stereocenters. The first kappa shape index (κ1) is 22.0. The number of aliphatic imine (C=N–C) groups is 1. The van der Waals surface area contributed by atoms with Crippen LogP contribution < -0.4 is 5.32 Å². The van der Waals surface area contributed by atoms with Crippen molar-refractivity contribution in [1.82, 2.24) is 5.32 Å². The minimum atomic E-state index is -1.12. The molecule has 1 aliphatic carbocycles. The third kappa shape index (κ3) is 5.34. The lowest BCUT2D eigenvalue weighted by Crippen LogP contribution is -2.36. The number of fused-ring (bicyclic) bond motifs is 3. The molecule has 7 nitrogen and oxygen atoms in total. The van der Waals surface area contributed by atoms with Crippen LogP contribution in [-0.4, -0.2) is 30.9 Å². The molecule has 1 N–H and O–H groups in total. The number of amides is 1. The Morgan fingerprint density at radius 3 is 2.12 bits per heavy atom. The molecule has 33 heavy (non-hydrogen) atoms. The predicted molar refractivity (Wildman–Crippen MR) is 121 cm³/mol. The molecule has 7 heteroatoms. The number of hydrogen-bond donors (Lipinski definition) is 1. The zero-order chi connectivity index (χ0) is 23.0. The third-order valence-electron chi connectivity index (χ3n) is 5.44. The molecule has 0 aliphatic heterocycles. The summed E-state index contributed by atoms with van der Waals surface area (Å²) in [6, 6.07) is 25.2. The lowest BCUT2D eigenvalue weighted by Gasteiger charge is -2.16. The number of benzene rings is 3. The second-order valence-electron chi connectivity index (χ2n) is 7.56. The molecule has 3 aromatic carbocycles. The van der Waals surface area contributed by atoms with E-state index in [-0.39, 0.29) is 25.6 Å². The molecule has 166 valence electrons. The summed E-state index contributed by atoms with van der Waals surface area (Å²) in [6.45, 7) is 0.192. The first-order chi connectivity index (χ1) is 16.2. The fraction of sp³-hybridized carbons (Fsp3) is 0.192. The summed E-state index contributed by atoms with van der Waals surface area (Å²) in [5.74, 6) is -0.714. The highest BCUT2D eigenvalue weighted by Crippen LogP contribution is 2.44. The van der Waals surface area contributed by atoms with Crippen molar-refractivity contribution in [1.29, 1.82) is 0 Å². The third-order valence-corrected chi connectivity index (χ3v) is 5.44. The largest absolute Gasteiger partial charge is 0.461 e. The second-order valence-corrected chi connectivity index (χ2v) is 7.56. The zero-order valence-corrected chi connectivity index (χ0v) is 17.8. The van der Waals surface area contributed by atoms with Crippen LogP contribution in [-0.2, 0) is 25.7 Å². The summed E-state index contributed by atoms with van der Waals surface area (Å²) >= 11 is 0. The molecule has 0 aromatic heterocycles. The number of isocyanates is 1. The van der Waals surface area contributed by atoms with Crippen LogP contribution in [0.3, 0.4) is 0 Å². The number of nitrogens with one attached hydrogen (secondary N) is 1. The van der Waals surface area contributed by atoms with Crippen molar-refractivity contribution in [3.63, 3.8) is 0 Å². The maximum atomic E-state index is 12.4. The maximum absolute atomic E-state index is 12.4. The van der Waals surface area contributed by atoms with Gasteiger partial charge in [0.05, 0.1) is 6.42 Å². The predicted octanol–water partition coefficient (Wildman–Crippen LogP) is 4.32. The Morgan fingerprint density at radius 1 is 0.879 bits per heavy atom. The number of nitrogens with zero attached hydrogens (tertiary/aromatic N) is 1. The van der Waals surface area contributed by atoms with E-state index in [0.717, 1.165) is 27.8 Å². The number of rotatable bonds is 8. The lowest BCUT2D eigenvalue weighted by atomic mass is 9.98. The number of carbonyl (C=O) groups is 2. The smallest absolute Gasteiger partial charge is 0.408 e. The second kappa shape index (κ2) is 10.4. The monoisotopic (exact) mass is 442 g/mol. The molecule has 1 amide bonds. The summed E-state index contributed by atoms with van der Waals surface area (Å²) in [5, 5.41) is 2.43. The van der Waals surface area contributed by atoms with Crippen molar-refractivity contribution in [2.45, 2.75) is 25.1 Å². The molecule has 3 aromatic rings. The molecular formula is C26H22N2O5. The van der Waals surface area contributed by atoms with Gasteiger partial charge in [-0.2, -0.15) is 4.99 Å².